The van der Waals surface area contributed by atoms with Gasteiger partial charge in [0.25, 0.3) is 5.91 Å². The Morgan fingerprint density at radius 2 is 2.20 bits per heavy atom. The Balaban J connectivity index is 2.11. The molecule has 0 aliphatic carbocycles. The predicted molar refractivity (Wildman–Crippen MR) is 72.9 cm³/mol. The average molecular weight is 281 g/mol. The molecule has 2 fully saturated rings. The first-order valence-corrected chi connectivity index (χ1v) is 7.62. The van der Waals surface area contributed by atoms with Crippen LogP contribution in [0.3, 0.4) is 0 Å². The fourth-order valence-electron chi connectivity index (χ4n) is 3.56. The maximum absolute atomic E-state index is 12.8. The van der Waals surface area contributed by atoms with E-state index in [9.17, 15) is 4.79 Å². The molecule has 5 heteroatoms. The Morgan fingerprint density at radius 1 is 1.35 bits per heavy atom. The number of carbonyl (C=O) groups is 1. The largest absolute Gasteiger partial charge is 0.375 e. The van der Waals surface area contributed by atoms with Crippen LogP contribution >= 0.6 is 0 Å². The highest BCUT2D eigenvalue weighted by Crippen LogP contribution is 2.42. The molecule has 0 aromatic heterocycles. The van der Waals surface area contributed by atoms with Crippen LogP contribution in [0.4, 0.5) is 0 Å². The summed E-state index contributed by atoms with van der Waals surface area (Å²) in [5.41, 5.74) is 1.45. The van der Waals surface area contributed by atoms with Gasteiger partial charge in [0.05, 0.1) is 38.0 Å². The molecule has 20 heavy (non-hydrogen) atoms. The Labute approximate surface area is 119 Å². The normalized spacial score (nSPS) is 34.6. The molecule has 2 bridgehead atoms. The molecule has 112 valence electrons. The summed E-state index contributed by atoms with van der Waals surface area (Å²) in [6, 6.07) is 0. The molecular weight excluding hydrogens is 258 g/mol. The molecule has 0 aromatic carbocycles. The molecule has 3 rings (SSSR count). The highest BCUT2D eigenvalue weighted by Gasteiger charge is 2.52. The van der Waals surface area contributed by atoms with E-state index in [1.807, 2.05) is 6.92 Å². The number of hydrogen-bond donors (Lipinski definition) is 0. The van der Waals surface area contributed by atoms with Crippen LogP contribution in [0.2, 0.25) is 0 Å². The lowest BCUT2D eigenvalue weighted by molar-refractivity contribution is -0.180. The third-order valence-electron chi connectivity index (χ3n) is 4.57. The van der Waals surface area contributed by atoms with E-state index in [1.54, 1.807) is 0 Å². The third-order valence-corrected chi connectivity index (χ3v) is 4.57. The van der Waals surface area contributed by atoms with Gasteiger partial charge in [-0.15, -0.1) is 0 Å². The summed E-state index contributed by atoms with van der Waals surface area (Å²) in [4.78, 5) is 18.4. The predicted octanol–water partition coefficient (Wildman–Crippen LogP) is 1.82. The van der Waals surface area contributed by atoms with Crippen LogP contribution in [0.15, 0.2) is 11.1 Å². The lowest BCUT2D eigenvalue weighted by Gasteiger charge is -2.33. The zero-order valence-electron chi connectivity index (χ0n) is 12.3. The van der Waals surface area contributed by atoms with Gasteiger partial charge >= 0.3 is 0 Å². The second kappa shape index (κ2) is 5.47. The zero-order chi connectivity index (χ0) is 14.2. The summed E-state index contributed by atoms with van der Waals surface area (Å²) in [6.45, 7) is 6.38. The minimum atomic E-state index is -0.565. The van der Waals surface area contributed by atoms with E-state index in [2.05, 4.69) is 6.92 Å². The Morgan fingerprint density at radius 3 is 2.90 bits per heavy atom. The smallest absolute Gasteiger partial charge is 0.276 e. The van der Waals surface area contributed by atoms with Crippen molar-refractivity contribution < 1.29 is 19.1 Å². The van der Waals surface area contributed by atoms with Gasteiger partial charge in [0.1, 0.15) is 5.60 Å². The van der Waals surface area contributed by atoms with Crippen LogP contribution < -0.4 is 0 Å². The van der Waals surface area contributed by atoms with Gasteiger partial charge in [0.15, 0.2) is 0 Å². The van der Waals surface area contributed by atoms with E-state index in [1.165, 1.54) is 10.6 Å². The van der Waals surface area contributed by atoms with Crippen molar-refractivity contribution in [2.24, 2.45) is 0 Å². The summed E-state index contributed by atoms with van der Waals surface area (Å²) in [7, 11) is 0. The number of hydroxylamine groups is 2. The lowest BCUT2D eigenvalue weighted by atomic mass is 9.81. The average Bonchev–Trinajstić information content (AvgIpc) is 2.63. The molecule has 1 spiro atoms. The lowest BCUT2D eigenvalue weighted by Crippen LogP contribution is -2.45. The Hall–Kier alpha value is -0.910. The fraction of sp³-hybridized carbons (Fsp3) is 0.800. The van der Waals surface area contributed by atoms with Crippen LogP contribution in [-0.4, -0.2) is 49.0 Å². The van der Waals surface area contributed by atoms with E-state index in [4.69, 9.17) is 14.3 Å². The number of fused-ring (bicyclic) bond motifs is 3. The van der Waals surface area contributed by atoms with Crippen molar-refractivity contribution in [3.05, 3.63) is 11.1 Å². The van der Waals surface area contributed by atoms with Gasteiger partial charge in [-0.3, -0.25) is 9.63 Å². The maximum atomic E-state index is 12.8. The van der Waals surface area contributed by atoms with Gasteiger partial charge in [-0.2, -0.15) is 0 Å². The van der Waals surface area contributed by atoms with Gasteiger partial charge in [-0.05, 0) is 19.8 Å². The Kier molecular flexibility index (Phi) is 3.84. The number of nitrogens with zero attached hydrogens (tertiary/aromatic N) is 1. The minimum absolute atomic E-state index is 0.0131. The minimum Gasteiger partial charge on any atom is -0.375 e. The van der Waals surface area contributed by atoms with Gasteiger partial charge in [-0.1, -0.05) is 18.9 Å². The molecule has 2 saturated heterocycles. The van der Waals surface area contributed by atoms with Gasteiger partial charge in [-0.25, -0.2) is 5.06 Å². The van der Waals surface area contributed by atoms with E-state index >= 15 is 0 Å². The molecule has 0 radical (unpaired) electrons. The van der Waals surface area contributed by atoms with Crippen molar-refractivity contribution in [1.82, 2.24) is 5.06 Å². The Bertz CT molecular complexity index is 434. The number of hydrogen-bond acceptors (Lipinski definition) is 4. The molecule has 0 aromatic rings. The second-order valence-corrected chi connectivity index (χ2v) is 5.72. The summed E-state index contributed by atoms with van der Waals surface area (Å²) in [5, 5.41) is 1.48. The quantitative estimate of drug-likeness (QED) is 0.774. The van der Waals surface area contributed by atoms with E-state index in [0.29, 0.717) is 26.4 Å². The zero-order valence-corrected chi connectivity index (χ0v) is 12.3. The number of ether oxygens (including phenoxy) is 2. The van der Waals surface area contributed by atoms with E-state index in [-0.39, 0.29) is 12.0 Å². The van der Waals surface area contributed by atoms with E-state index in [0.717, 1.165) is 31.3 Å². The number of carbonyl (C=O) groups excluding carboxylic acids is 1. The van der Waals surface area contributed by atoms with E-state index < -0.39 is 5.60 Å². The number of rotatable bonds is 2. The summed E-state index contributed by atoms with van der Waals surface area (Å²) < 4.78 is 11.9. The molecule has 3 heterocycles. The molecule has 2 atom stereocenters. The topological polar surface area (TPSA) is 48.0 Å². The van der Waals surface area contributed by atoms with Crippen LogP contribution in [0.25, 0.3) is 0 Å². The molecular formula is C15H23NO4. The summed E-state index contributed by atoms with van der Waals surface area (Å²) in [6.07, 6.45) is 3.44. The summed E-state index contributed by atoms with van der Waals surface area (Å²) >= 11 is 0. The fourth-order valence-corrected chi connectivity index (χ4v) is 3.56. The van der Waals surface area contributed by atoms with Crippen molar-refractivity contribution in [3.63, 3.8) is 0 Å². The molecule has 3 aliphatic heterocycles. The van der Waals surface area contributed by atoms with Crippen molar-refractivity contribution in [3.8, 4) is 0 Å². The van der Waals surface area contributed by atoms with Crippen molar-refractivity contribution >= 4 is 5.91 Å². The molecule has 1 amide bonds. The van der Waals surface area contributed by atoms with Gasteiger partial charge < -0.3 is 9.47 Å². The van der Waals surface area contributed by atoms with Gasteiger partial charge in [0, 0.05) is 6.42 Å². The van der Waals surface area contributed by atoms with Gasteiger partial charge in [0.2, 0.25) is 0 Å². The maximum Gasteiger partial charge on any atom is 0.276 e. The van der Waals surface area contributed by atoms with Crippen LogP contribution in [0.5, 0.6) is 0 Å². The van der Waals surface area contributed by atoms with Crippen LogP contribution in [-0.2, 0) is 19.1 Å². The molecule has 0 N–H and O–H groups in total. The monoisotopic (exact) mass is 281 g/mol. The van der Waals surface area contributed by atoms with Crippen molar-refractivity contribution in [2.75, 3.05) is 26.4 Å². The van der Waals surface area contributed by atoms with Crippen LogP contribution in [0, 0.1) is 0 Å². The molecule has 0 saturated carbocycles. The third kappa shape index (κ3) is 2.08. The first-order valence-electron chi connectivity index (χ1n) is 7.62. The summed E-state index contributed by atoms with van der Waals surface area (Å²) in [5.74, 6) is -0.0131. The first-order chi connectivity index (χ1) is 9.69. The second-order valence-electron chi connectivity index (χ2n) is 5.72. The molecule has 3 aliphatic rings. The van der Waals surface area contributed by atoms with Crippen LogP contribution in [0.1, 0.15) is 39.5 Å². The number of amides is 1. The van der Waals surface area contributed by atoms with Crippen molar-refractivity contribution in [1.29, 1.82) is 0 Å². The SMILES string of the molecule is CCCC1=C2C(=O)N(CCOC23CCOC3C)OCC1. The standard InChI is InChI=1S/C15H23NO4/c1-3-4-12-5-8-20-16-7-10-19-15(13(12)14(16)17)6-9-18-11(15)2/h11H,3-10H2,1-2H3. The first kappa shape index (κ1) is 14.0. The molecule has 2 unspecified atom stereocenters. The van der Waals surface area contributed by atoms with Crippen molar-refractivity contribution in [2.45, 2.75) is 51.2 Å². The highest BCUT2D eigenvalue weighted by molar-refractivity contribution is 5.96. The molecule has 5 nitrogen and oxygen atoms in total. The highest BCUT2D eigenvalue weighted by atomic mass is 16.7.